The van der Waals surface area contributed by atoms with Crippen LogP contribution in [0, 0.1) is 11.3 Å². The van der Waals surface area contributed by atoms with E-state index in [-0.39, 0.29) is 5.57 Å². The Morgan fingerprint density at radius 2 is 1.67 bits per heavy atom. The Hall–Kier alpha value is -3.78. The number of hydrogen-bond donors (Lipinski definition) is 1. The number of nitrogens with zero attached hydrogens (tertiary/aromatic N) is 1. The van der Waals surface area contributed by atoms with Crippen LogP contribution in [0.3, 0.4) is 0 Å². The highest BCUT2D eigenvalue weighted by atomic mass is 35.5. The van der Waals surface area contributed by atoms with Gasteiger partial charge in [0.2, 0.25) is 0 Å². The molecule has 33 heavy (non-hydrogen) atoms. The lowest BCUT2D eigenvalue weighted by atomic mass is 10.1. The molecule has 0 fully saturated rings. The van der Waals surface area contributed by atoms with Crippen molar-refractivity contribution in [2.45, 2.75) is 6.61 Å². The van der Waals surface area contributed by atoms with Gasteiger partial charge >= 0.3 is 0 Å². The number of carbonyl (C=O) groups excluding carboxylic acids is 1. The van der Waals surface area contributed by atoms with Crippen LogP contribution in [0.25, 0.3) is 16.8 Å². The first kappa shape index (κ1) is 22.4. The number of carbonyl (C=O) groups is 1. The van der Waals surface area contributed by atoms with E-state index in [1.165, 1.54) is 22.9 Å². The first-order chi connectivity index (χ1) is 16.0. The Kier molecular flexibility index (Phi) is 6.95. The lowest BCUT2D eigenvalue weighted by molar-refractivity contribution is -0.112. The van der Waals surface area contributed by atoms with Gasteiger partial charge in [-0.05, 0) is 64.4 Å². The molecule has 0 saturated carbocycles. The Morgan fingerprint density at radius 3 is 2.39 bits per heavy atom. The quantitative estimate of drug-likeness (QED) is 0.237. The number of ether oxygens (including phenoxy) is 1. The van der Waals surface area contributed by atoms with E-state index in [9.17, 15) is 10.1 Å². The molecule has 0 aliphatic rings. The van der Waals surface area contributed by atoms with Gasteiger partial charge in [0.1, 0.15) is 24.0 Å². The number of benzene rings is 4. The van der Waals surface area contributed by atoms with Gasteiger partial charge in [0, 0.05) is 5.69 Å². The van der Waals surface area contributed by atoms with Gasteiger partial charge in [-0.2, -0.15) is 5.26 Å². The first-order valence-electron chi connectivity index (χ1n) is 10.1. The fourth-order valence-corrected chi connectivity index (χ4v) is 3.54. The van der Waals surface area contributed by atoms with Crippen molar-refractivity contribution in [1.29, 1.82) is 5.26 Å². The zero-order valence-corrected chi connectivity index (χ0v) is 18.9. The smallest absolute Gasteiger partial charge is 0.266 e. The second-order valence-electron chi connectivity index (χ2n) is 7.29. The van der Waals surface area contributed by atoms with Crippen LogP contribution in [0.4, 0.5) is 5.69 Å². The van der Waals surface area contributed by atoms with Crippen LogP contribution >= 0.6 is 23.2 Å². The van der Waals surface area contributed by atoms with Crippen LogP contribution in [0.1, 0.15) is 11.1 Å². The summed E-state index contributed by atoms with van der Waals surface area (Å²) < 4.78 is 5.89. The van der Waals surface area contributed by atoms with Crippen LogP contribution in [0.2, 0.25) is 10.0 Å². The van der Waals surface area contributed by atoms with E-state index in [4.69, 9.17) is 27.9 Å². The first-order valence-corrected chi connectivity index (χ1v) is 10.9. The summed E-state index contributed by atoms with van der Waals surface area (Å²) in [5.74, 6) is 0.159. The molecule has 4 rings (SSSR count). The summed E-state index contributed by atoms with van der Waals surface area (Å²) in [7, 11) is 0. The van der Waals surface area contributed by atoms with Crippen molar-refractivity contribution < 1.29 is 9.53 Å². The summed E-state index contributed by atoms with van der Waals surface area (Å²) >= 11 is 11.9. The third-order valence-corrected chi connectivity index (χ3v) is 5.69. The number of rotatable bonds is 6. The van der Waals surface area contributed by atoms with E-state index >= 15 is 0 Å². The second-order valence-corrected chi connectivity index (χ2v) is 8.11. The predicted octanol–water partition coefficient (Wildman–Crippen LogP) is 7.27. The monoisotopic (exact) mass is 472 g/mol. The third-order valence-electron chi connectivity index (χ3n) is 4.95. The molecule has 0 atom stereocenters. The SMILES string of the molecule is N#C/C(=C\c1ccc(OCc2ccc3ccccc3c2)cc1)C(=O)Nc1ccc(Cl)c(Cl)c1. The number of hydrogen-bond acceptors (Lipinski definition) is 3. The van der Waals surface area contributed by atoms with E-state index in [1.54, 1.807) is 36.4 Å². The van der Waals surface area contributed by atoms with E-state index in [1.807, 2.05) is 24.3 Å². The van der Waals surface area contributed by atoms with Gasteiger partial charge in [-0.1, -0.05) is 71.7 Å². The number of anilines is 1. The van der Waals surface area contributed by atoms with Gasteiger partial charge in [0.25, 0.3) is 5.91 Å². The van der Waals surface area contributed by atoms with E-state index < -0.39 is 5.91 Å². The van der Waals surface area contributed by atoms with Gasteiger partial charge < -0.3 is 10.1 Å². The molecule has 0 aromatic heterocycles. The van der Waals surface area contributed by atoms with Crippen molar-refractivity contribution in [3.05, 3.63) is 112 Å². The standard InChI is InChI=1S/C27H18Cl2N2O2/c28-25-12-9-23(15-26(25)29)31-27(32)22(16-30)13-18-6-10-24(11-7-18)33-17-19-5-8-20-3-1-2-4-21(20)14-19/h1-15H,17H2,(H,31,32)/b22-13+. The molecule has 4 aromatic rings. The summed E-state index contributed by atoms with van der Waals surface area (Å²) in [6, 6.07) is 28.3. The Bertz CT molecular complexity index is 1390. The molecule has 1 amide bonds. The van der Waals surface area contributed by atoms with Gasteiger partial charge in [-0.25, -0.2) is 0 Å². The Labute approximate surface area is 201 Å². The maximum atomic E-state index is 12.5. The van der Waals surface area contributed by atoms with Gasteiger partial charge in [-0.15, -0.1) is 0 Å². The molecule has 0 aliphatic heterocycles. The molecule has 0 bridgehead atoms. The van der Waals surface area contributed by atoms with Crippen LogP contribution in [-0.4, -0.2) is 5.91 Å². The average molecular weight is 473 g/mol. The van der Waals surface area contributed by atoms with E-state index in [0.29, 0.717) is 33.7 Å². The molecule has 0 radical (unpaired) electrons. The summed E-state index contributed by atoms with van der Waals surface area (Å²) in [5.41, 5.74) is 2.19. The van der Waals surface area contributed by atoms with Crippen LogP contribution in [0.5, 0.6) is 5.75 Å². The Balaban J connectivity index is 1.40. The number of fused-ring (bicyclic) bond motifs is 1. The highest BCUT2D eigenvalue weighted by Gasteiger charge is 2.11. The molecule has 162 valence electrons. The number of nitriles is 1. The van der Waals surface area contributed by atoms with Gasteiger partial charge in [0.05, 0.1) is 10.0 Å². The van der Waals surface area contributed by atoms with Gasteiger partial charge in [-0.3, -0.25) is 4.79 Å². The van der Waals surface area contributed by atoms with Crippen LogP contribution in [-0.2, 0) is 11.4 Å². The minimum absolute atomic E-state index is 0.0362. The van der Waals surface area contributed by atoms with Crippen molar-refractivity contribution in [2.24, 2.45) is 0 Å². The highest BCUT2D eigenvalue weighted by Crippen LogP contribution is 2.25. The van der Waals surface area contributed by atoms with Gasteiger partial charge in [0.15, 0.2) is 0 Å². The lowest BCUT2D eigenvalue weighted by Gasteiger charge is -2.08. The highest BCUT2D eigenvalue weighted by molar-refractivity contribution is 6.42. The largest absolute Gasteiger partial charge is 0.489 e. The third kappa shape index (κ3) is 5.72. The van der Waals surface area contributed by atoms with Crippen molar-refractivity contribution in [2.75, 3.05) is 5.32 Å². The maximum absolute atomic E-state index is 12.5. The van der Waals surface area contributed by atoms with E-state index in [2.05, 4.69) is 29.6 Å². The normalized spacial score (nSPS) is 11.1. The zero-order valence-electron chi connectivity index (χ0n) is 17.4. The summed E-state index contributed by atoms with van der Waals surface area (Å²) in [6.45, 7) is 0.440. The van der Waals surface area contributed by atoms with Crippen LogP contribution in [0.15, 0.2) is 90.5 Å². The minimum Gasteiger partial charge on any atom is -0.489 e. The van der Waals surface area contributed by atoms with Crippen molar-refractivity contribution in [3.63, 3.8) is 0 Å². The van der Waals surface area contributed by atoms with Crippen molar-refractivity contribution >= 4 is 51.6 Å². The topological polar surface area (TPSA) is 62.1 Å². The lowest BCUT2D eigenvalue weighted by Crippen LogP contribution is -2.13. The predicted molar refractivity (Wildman–Crippen MR) is 133 cm³/mol. The van der Waals surface area contributed by atoms with Crippen molar-refractivity contribution in [3.8, 4) is 11.8 Å². The Morgan fingerprint density at radius 1 is 0.909 bits per heavy atom. The molecule has 4 nitrogen and oxygen atoms in total. The molecule has 4 aromatic carbocycles. The van der Waals surface area contributed by atoms with Crippen molar-refractivity contribution in [1.82, 2.24) is 0 Å². The summed E-state index contributed by atoms with van der Waals surface area (Å²) in [4.78, 5) is 12.5. The summed E-state index contributed by atoms with van der Waals surface area (Å²) in [5, 5.41) is 15.1. The maximum Gasteiger partial charge on any atom is 0.266 e. The molecule has 1 N–H and O–H groups in total. The second kappa shape index (κ2) is 10.2. The molecular formula is C27H18Cl2N2O2. The molecule has 0 spiro atoms. The molecule has 0 aliphatic carbocycles. The molecule has 0 saturated heterocycles. The molecular weight excluding hydrogens is 455 g/mol. The number of nitrogens with one attached hydrogen (secondary N) is 1. The zero-order chi connectivity index (χ0) is 23.2. The van der Waals surface area contributed by atoms with E-state index in [0.717, 1.165) is 5.56 Å². The number of halogens is 2. The molecule has 6 heteroatoms. The fraction of sp³-hybridized carbons (Fsp3) is 0.0370. The minimum atomic E-state index is -0.535. The summed E-state index contributed by atoms with van der Waals surface area (Å²) in [6.07, 6.45) is 1.51. The molecule has 0 heterocycles. The number of amides is 1. The fourth-order valence-electron chi connectivity index (χ4n) is 3.24. The van der Waals surface area contributed by atoms with Crippen LogP contribution < -0.4 is 10.1 Å². The average Bonchev–Trinajstić information content (AvgIpc) is 2.84. The molecule has 0 unspecified atom stereocenters.